The Kier molecular flexibility index (Phi) is 9.13. The number of halogens is 1. The average molecular weight is 729 g/mol. The summed E-state index contributed by atoms with van der Waals surface area (Å²) in [4.78, 5) is 26.4. The number of alkyl halides is 1. The summed E-state index contributed by atoms with van der Waals surface area (Å²) in [6, 6.07) is 0. The number of aliphatic hydroxyl groups is 2. The van der Waals surface area contributed by atoms with E-state index in [-0.39, 0.29) is 40.7 Å². The molecule has 2 aliphatic rings. The number of rotatable bonds is 10. The molecule has 4 aromatic heterocycles. The highest BCUT2D eigenvalue weighted by molar-refractivity contribution is 8.44. The Morgan fingerprint density at radius 1 is 1.16 bits per heavy atom. The van der Waals surface area contributed by atoms with Gasteiger partial charge in [0.2, 0.25) is 13.2 Å². The molecule has 0 aromatic carbocycles. The molecule has 0 aliphatic carbocycles. The average Bonchev–Trinajstić information content (AvgIpc) is 3.73. The summed E-state index contributed by atoms with van der Waals surface area (Å²) in [6.45, 7) is -5.38. The Morgan fingerprint density at radius 2 is 1.89 bits per heavy atom. The standard InChI is InChI=1S/C18H23FN12O9P2S3/c19-6-9(32)4(39-16(6)30-13-7(26-28-30)12(20)22-3-23-13)1-38-42(36,44)40-11-10(33)5(2-37-41(35)43)45-17(11)31-14-8(27-29-31)15(34)25-18(21)24-14/h3-6,9-11,16-17,32-33,41H,1-2H2,(H,35,43)(H,36,44)(H2,20,22,23)(H3,21,24,25,34)/t4-,5-,6+,9-,10-,11-,16-,17-,42?/m1/s1. The minimum Gasteiger partial charge on any atom is -0.389 e. The quantitative estimate of drug-likeness (QED) is 0.0781. The molecule has 2 aliphatic heterocycles. The molecule has 7 N–H and O–H groups in total. The first-order valence-corrected chi connectivity index (χ1v) is 18.8. The number of thioether (sulfide) groups is 1. The molecule has 6 heterocycles. The molecule has 6 rings (SSSR count). The molecule has 0 bridgehead atoms. The van der Waals surface area contributed by atoms with E-state index in [1.807, 2.05) is 0 Å². The van der Waals surface area contributed by atoms with Crippen LogP contribution >= 0.6 is 50.3 Å². The molecule has 0 radical (unpaired) electrons. The van der Waals surface area contributed by atoms with E-state index in [4.69, 9.17) is 29.8 Å². The van der Waals surface area contributed by atoms with Gasteiger partial charge in [-0.3, -0.25) is 23.4 Å². The molecular formula is C18H23FN12O9P2S3. The van der Waals surface area contributed by atoms with Crippen LogP contribution in [0.1, 0.15) is 11.6 Å². The molecule has 0 saturated carbocycles. The van der Waals surface area contributed by atoms with Gasteiger partial charge in [-0.15, -0.1) is 22.0 Å². The predicted molar refractivity (Wildman–Crippen MR) is 160 cm³/mol. The SMILES string of the molecule is Nc1nc2c(nnn2[C@@H]2S[C@H](CO[PH](=O)S)[C@@H](O)[C@H]2OP(=O)(S)OC[C@H]2O[C@@H](n3nnc4c(N)ncnc43)[C@@H](F)[C@@H]2O)c(=O)[nH]1. The first kappa shape index (κ1) is 32.5. The van der Waals surface area contributed by atoms with E-state index in [0.717, 1.165) is 27.5 Å². The Hall–Kier alpha value is -2.44. The smallest absolute Gasteiger partial charge is 0.386 e. The largest absolute Gasteiger partial charge is 0.389 e. The first-order chi connectivity index (χ1) is 21.3. The highest BCUT2D eigenvalue weighted by Crippen LogP contribution is 2.59. The van der Waals surface area contributed by atoms with Gasteiger partial charge < -0.3 is 30.9 Å². The third-order valence-corrected chi connectivity index (χ3v) is 10.7. The molecule has 45 heavy (non-hydrogen) atoms. The van der Waals surface area contributed by atoms with Crippen LogP contribution in [0.25, 0.3) is 22.3 Å². The van der Waals surface area contributed by atoms with Crippen molar-refractivity contribution in [2.75, 3.05) is 24.7 Å². The molecular weight excluding hydrogens is 705 g/mol. The topological polar surface area (TPSA) is 297 Å². The molecule has 0 spiro atoms. The Labute approximate surface area is 264 Å². The summed E-state index contributed by atoms with van der Waals surface area (Å²) in [7, 11) is -2.69. The summed E-state index contributed by atoms with van der Waals surface area (Å²) >= 11 is 8.73. The summed E-state index contributed by atoms with van der Waals surface area (Å²) in [5, 5.41) is 35.1. The van der Waals surface area contributed by atoms with E-state index in [1.165, 1.54) is 0 Å². The maximum atomic E-state index is 15.1. The van der Waals surface area contributed by atoms with E-state index in [1.54, 1.807) is 0 Å². The number of aromatic amines is 1. The van der Waals surface area contributed by atoms with Gasteiger partial charge in [-0.25, -0.2) is 23.6 Å². The Balaban J connectivity index is 1.20. The van der Waals surface area contributed by atoms with Crippen molar-refractivity contribution in [3.8, 4) is 0 Å². The molecule has 2 saturated heterocycles. The summed E-state index contributed by atoms with van der Waals surface area (Å²) in [5.41, 5.74) is 10.6. The number of H-pyrrole nitrogens is 1. The lowest BCUT2D eigenvalue weighted by molar-refractivity contribution is -0.0506. The van der Waals surface area contributed by atoms with Gasteiger partial charge in [0.1, 0.15) is 30.0 Å². The first-order valence-electron chi connectivity index (χ1n) is 12.6. The summed E-state index contributed by atoms with van der Waals surface area (Å²) in [5.74, 6) is -0.249. The molecule has 10 atom stereocenters. The van der Waals surface area contributed by atoms with Crippen LogP contribution in [0.4, 0.5) is 16.2 Å². The Bertz CT molecular complexity index is 1870. The van der Waals surface area contributed by atoms with Crippen LogP contribution in [0.3, 0.4) is 0 Å². The third-order valence-electron chi connectivity index (χ3n) is 6.76. The normalized spacial score (nSPS) is 30.7. The lowest BCUT2D eigenvalue weighted by Gasteiger charge is -2.25. The minimum absolute atomic E-state index is 0.00227. The van der Waals surface area contributed by atoms with Gasteiger partial charge in [-0.05, 0) is 0 Å². The van der Waals surface area contributed by atoms with Crippen molar-refractivity contribution < 1.29 is 42.0 Å². The van der Waals surface area contributed by atoms with Crippen LogP contribution in [0.5, 0.6) is 0 Å². The van der Waals surface area contributed by atoms with Crippen molar-refractivity contribution in [3.05, 3.63) is 16.7 Å². The van der Waals surface area contributed by atoms with Crippen LogP contribution in [0, 0.1) is 0 Å². The summed E-state index contributed by atoms with van der Waals surface area (Å²) < 4.78 is 63.8. The Morgan fingerprint density at radius 3 is 2.64 bits per heavy atom. The van der Waals surface area contributed by atoms with Crippen LogP contribution in [-0.2, 0) is 27.4 Å². The number of fused-ring (bicyclic) bond motifs is 2. The molecule has 27 heteroatoms. The van der Waals surface area contributed by atoms with Gasteiger partial charge in [-0.1, -0.05) is 34.9 Å². The van der Waals surface area contributed by atoms with Crippen LogP contribution in [0.15, 0.2) is 11.1 Å². The minimum atomic E-state index is -4.44. The number of nitrogens with zero attached hydrogens (tertiary/aromatic N) is 9. The highest BCUT2D eigenvalue weighted by atomic mass is 32.7. The molecule has 4 aromatic rings. The fraction of sp³-hybridized carbons (Fsp3) is 0.556. The van der Waals surface area contributed by atoms with Gasteiger partial charge in [-0.2, -0.15) is 9.67 Å². The molecule has 2 fully saturated rings. The number of hydrogen-bond donors (Lipinski definition) is 7. The summed E-state index contributed by atoms with van der Waals surface area (Å²) in [6.07, 6.45) is -8.47. The van der Waals surface area contributed by atoms with E-state index < -0.39 is 73.6 Å². The fourth-order valence-electron chi connectivity index (χ4n) is 4.69. The maximum absolute atomic E-state index is 15.1. The molecule has 21 nitrogen and oxygen atoms in total. The third kappa shape index (κ3) is 6.31. The van der Waals surface area contributed by atoms with Crippen molar-refractivity contribution in [1.82, 2.24) is 49.9 Å². The van der Waals surface area contributed by atoms with Crippen molar-refractivity contribution in [1.29, 1.82) is 0 Å². The van der Waals surface area contributed by atoms with E-state index in [2.05, 4.69) is 65.1 Å². The monoisotopic (exact) mass is 728 g/mol. The number of anilines is 2. The number of hydrogen-bond acceptors (Lipinski definition) is 19. The van der Waals surface area contributed by atoms with Crippen LogP contribution in [-0.4, -0.2) is 109 Å². The van der Waals surface area contributed by atoms with Gasteiger partial charge in [0.25, 0.3) is 5.56 Å². The van der Waals surface area contributed by atoms with Gasteiger partial charge >= 0.3 is 6.80 Å². The van der Waals surface area contributed by atoms with Gasteiger partial charge in [0.05, 0.1) is 24.6 Å². The van der Waals surface area contributed by atoms with E-state index >= 15 is 4.39 Å². The zero-order valence-corrected chi connectivity index (χ0v) is 26.7. The van der Waals surface area contributed by atoms with Crippen molar-refractivity contribution in [2.24, 2.45) is 0 Å². The fourth-order valence-corrected chi connectivity index (χ4v) is 8.36. The number of thiol groups is 2. The van der Waals surface area contributed by atoms with Gasteiger partial charge in [0.15, 0.2) is 40.5 Å². The van der Waals surface area contributed by atoms with Gasteiger partial charge in [0, 0.05) is 0 Å². The lowest BCUT2D eigenvalue weighted by atomic mass is 10.1. The second kappa shape index (κ2) is 12.6. The zero-order valence-electron chi connectivity index (χ0n) is 22.2. The second-order valence-corrected chi connectivity index (χ2v) is 15.7. The number of nitrogens with one attached hydrogen (secondary N) is 1. The lowest BCUT2D eigenvalue weighted by Crippen LogP contribution is -2.35. The van der Waals surface area contributed by atoms with Crippen molar-refractivity contribution >= 4 is 84.4 Å². The number of aliphatic hydroxyl groups excluding tert-OH is 2. The van der Waals surface area contributed by atoms with Crippen molar-refractivity contribution in [3.63, 3.8) is 0 Å². The van der Waals surface area contributed by atoms with Crippen molar-refractivity contribution in [2.45, 2.75) is 47.4 Å². The number of nitrogens with two attached hydrogens (primary N) is 2. The number of nitrogen functional groups attached to an aromatic ring is 2. The molecule has 2 unspecified atom stereocenters. The number of ether oxygens (including phenoxy) is 1. The zero-order chi connectivity index (χ0) is 32.2. The molecule has 244 valence electrons. The number of aromatic nitrogens is 10. The van der Waals surface area contributed by atoms with E-state index in [9.17, 15) is 24.1 Å². The molecule has 0 amide bonds. The maximum Gasteiger partial charge on any atom is 0.386 e. The van der Waals surface area contributed by atoms with E-state index in [0.29, 0.717) is 0 Å². The second-order valence-electron chi connectivity index (χ2n) is 9.59. The van der Waals surface area contributed by atoms with Crippen LogP contribution in [0.2, 0.25) is 0 Å². The highest BCUT2D eigenvalue weighted by Gasteiger charge is 2.51. The predicted octanol–water partition coefficient (Wildman–Crippen LogP) is -0.739. The van der Waals surface area contributed by atoms with Crippen LogP contribution < -0.4 is 17.0 Å².